The van der Waals surface area contributed by atoms with Crippen LogP contribution in [-0.4, -0.2) is 0 Å². The number of rotatable bonds is 1. The van der Waals surface area contributed by atoms with E-state index in [0.717, 1.165) is 30.8 Å². The van der Waals surface area contributed by atoms with Crippen LogP contribution in [0.4, 0.5) is 0 Å². The Morgan fingerprint density at radius 3 is 2.35 bits per heavy atom. The van der Waals surface area contributed by atoms with Gasteiger partial charge in [0.05, 0.1) is 11.6 Å². The van der Waals surface area contributed by atoms with Crippen molar-refractivity contribution in [3.8, 4) is 6.07 Å². The van der Waals surface area contributed by atoms with E-state index in [1.165, 1.54) is 48.8 Å². The molecule has 92 valence electrons. The van der Waals surface area contributed by atoms with Crippen LogP contribution < -0.4 is 0 Å². The summed E-state index contributed by atoms with van der Waals surface area (Å²) in [5.74, 6) is 0.847. The van der Waals surface area contributed by atoms with Crippen molar-refractivity contribution in [2.75, 3.05) is 0 Å². The van der Waals surface area contributed by atoms with Gasteiger partial charge in [-0.1, -0.05) is 18.1 Å². The Morgan fingerprint density at radius 1 is 1.12 bits per heavy atom. The summed E-state index contributed by atoms with van der Waals surface area (Å²) in [6.07, 6.45) is 9.75. The van der Waals surface area contributed by atoms with Crippen LogP contribution in [0, 0.1) is 17.2 Å². The predicted molar refractivity (Wildman–Crippen MR) is 71.4 cm³/mol. The second-order valence-corrected chi connectivity index (χ2v) is 5.74. The van der Waals surface area contributed by atoms with Gasteiger partial charge < -0.3 is 0 Å². The van der Waals surface area contributed by atoms with Crippen molar-refractivity contribution in [3.05, 3.63) is 22.3 Å². The Hall–Kier alpha value is -1.03. The Bertz CT molecular complexity index is 382. The number of hydrogen-bond donors (Lipinski definition) is 0. The number of nitriles is 1. The standard InChI is InChI=1S/C16H23N/c1-12-7-9-14(10-8-12)16(11-17)15-6-4-3-5-13(15)2/h12H,3-10H2,1-2H3. The van der Waals surface area contributed by atoms with Crippen molar-refractivity contribution in [2.24, 2.45) is 5.92 Å². The predicted octanol–water partition coefficient (Wildman–Crippen LogP) is 4.91. The van der Waals surface area contributed by atoms with Gasteiger partial charge in [-0.15, -0.1) is 0 Å². The van der Waals surface area contributed by atoms with E-state index in [9.17, 15) is 5.26 Å². The molecule has 0 heterocycles. The first-order valence-electron chi connectivity index (χ1n) is 7.03. The van der Waals surface area contributed by atoms with Crippen LogP contribution in [0.5, 0.6) is 0 Å². The Balaban J connectivity index is 2.27. The first kappa shape index (κ1) is 12.4. The van der Waals surface area contributed by atoms with Gasteiger partial charge >= 0.3 is 0 Å². The zero-order chi connectivity index (χ0) is 12.3. The molecule has 0 aromatic heterocycles. The highest BCUT2D eigenvalue weighted by Crippen LogP contribution is 2.36. The lowest BCUT2D eigenvalue weighted by molar-refractivity contribution is 0.442. The SMILES string of the molecule is CC1=C(C(C#N)=C2CCC(C)CC2)CCCC1. The Kier molecular flexibility index (Phi) is 4.05. The Labute approximate surface area is 105 Å². The highest BCUT2D eigenvalue weighted by atomic mass is 14.3. The second kappa shape index (κ2) is 5.54. The van der Waals surface area contributed by atoms with Crippen LogP contribution in [0.15, 0.2) is 22.3 Å². The van der Waals surface area contributed by atoms with Crippen molar-refractivity contribution in [2.45, 2.75) is 65.2 Å². The minimum atomic E-state index is 0.847. The molecule has 0 N–H and O–H groups in total. The highest BCUT2D eigenvalue weighted by molar-refractivity contribution is 5.48. The number of hydrogen-bond acceptors (Lipinski definition) is 1. The third kappa shape index (κ3) is 2.80. The molecule has 0 bridgehead atoms. The molecule has 0 aromatic carbocycles. The topological polar surface area (TPSA) is 23.8 Å². The summed E-state index contributed by atoms with van der Waals surface area (Å²) in [6.45, 7) is 4.55. The molecular formula is C16H23N. The fraction of sp³-hybridized carbons (Fsp3) is 0.688. The van der Waals surface area contributed by atoms with Crippen molar-refractivity contribution in [1.82, 2.24) is 0 Å². The minimum absolute atomic E-state index is 0.847. The summed E-state index contributed by atoms with van der Waals surface area (Å²) in [5, 5.41) is 9.47. The molecule has 1 saturated carbocycles. The average molecular weight is 229 g/mol. The maximum Gasteiger partial charge on any atom is 0.0994 e. The van der Waals surface area contributed by atoms with Gasteiger partial charge in [0, 0.05) is 0 Å². The van der Waals surface area contributed by atoms with E-state index in [-0.39, 0.29) is 0 Å². The average Bonchev–Trinajstić information content (AvgIpc) is 2.35. The van der Waals surface area contributed by atoms with Crippen molar-refractivity contribution < 1.29 is 0 Å². The molecule has 1 heteroatoms. The second-order valence-electron chi connectivity index (χ2n) is 5.74. The molecule has 2 aliphatic rings. The van der Waals surface area contributed by atoms with Gasteiger partial charge in [0.2, 0.25) is 0 Å². The number of allylic oxidation sites excluding steroid dienone is 4. The van der Waals surface area contributed by atoms with Gasteiger partial charge in [-0.05, 0) is 69.8 Å². The molecule has 0 radical (unpaired) electrons. The summed E-state index contributed by atoms with van der Waals surface area (Å²) in [7, 11) is 0. The van der Waals surface area contributed by atoms with Crippen molar-refractivity contribution >= 4 is 0 Å². The number of nitrogens with zero attached hydrogens (tertiary/aromatic N) is 1. The Morgan fingerprint density at radius 2 is 1.76 bits per heavy atom. The summed E-state index contributed by atoms with van der Waals surface area (Å²) in [4.78, 5) is 0. The van der Waals surface area contributed by atoms with Crippen LogP contribution in [0.1, 0.15) is 65.2 Å². The maximum absolute atomic E-state index is 9.47. The maximum atomic E-state index is 9.47. The van der Waals surface area contributed by atoms with Gasteiger partial charge in [0.25, 0.3) is 0 Å². The van der Waals surface area contributed by atoms with Crippen LogP contribution in [0.3, 0.4) is 0 Å². The van der Waals surface area contributed by atoms with E-state index in [1.54, 1.807) is 0 Å². The third-order valence-corrected chi connectivity index (χ3v) is 4.39. The molecule has 0 aliphatic heterocycles. The van der Waals surface area contributed by atoms with Gasteiger partial charge in [-0.2, -0.15) is 5.26 Å². The fourth-order valence-corrected chi connectivity index (χ4v) is 3.12. The summed E-state index contributed by atoms with van der Waals surface area (Å²) in [6, 6.07) is 2.51. The molecule has 0 spiro atoms. The van der Waals surface area contributed by atoms with E-state index in [1.807, 2.05) is 0 Å². The summed E-state index contributed by atoms with van der Waals surface area (Å²) >= 11 is 0. The third-order valence-electron chi connectivity index (χ3n) is 4.39. The van der Waals surface area contributed by atoms with E-state index in [0.29, 0.717) is 0 Å². The lowest BCUT2D eigenvalue weighted by Crippen LogP contribution is -2.08. The quantitative estimate of drug-likeness (QED) is 0.586. The van der Waals surface area contributed by atoms with Crippen LogP contribution in [0.25, 0.3) is 0 Å². The lowest BCUT2D eigenvalue weighted by atomic mass is 9.80. The molecule has 0 amide bonds. The van der Waals surface area contributed by atoms with E-state index in [2.05, 4.69) is 19.9 Å². The van der Waals surface area contributed by atoms with E-state index < -0.39 is 0 Å². The highest BCUT2D eigenvalue weighted by Gasteiger charge is 2.20. The van der Waals surface area contributed by atoms with E-state index >= 15 is 0 Å². The molecule has 0 unspecified atom stereocenters. The molecule has 0 saturated heterocycles. The molecule has 2 aliphatic carbocycles. The first-order chi connectivity index (χ1) is 8.22. The van der Waals surface area contributed by atoms with Gasteiger partial charge in [-0.25, -0.2) is 0 Å². The lowest BCUT2D eigenvalue weighted by Gasteiger charge is -2.24. The molecule has 0 atom stereocenters. The van der Waals surface area contributed by atoms with E-state index in [4.69, 9.17) is 0 Å². The smallest absolute Gasteiger partial charge is 0.0994 e. The largest absolute Gasteiger partial charge is 0.192 e. The normalized spacial score (nSPS) is 25.7. The van der Waals surface area contributed by atoms with Gasteiger partial charge in [-0.3, -0.25) is 0 Å². The van der Waals surface area contributed by atoms with Crippen molar-refractivity contribution in [3.63, 3.8) is 0 Å². The monoisotopic (exact) mass is 229 g/mol. The molecule has 2 rings (SSSR count). The zero-order valence-corrected chi connectivity index (χ0v) is 11.2. The van der Waals surface area contributed by atoms with Crippen LogP contribution in [0.2, 0.25) is 0 Å². The first-order valence-corrected chi connectivity index (χ1v) is 7.03. The molecule has 17 heavy (non-hydrogen) atoms. The molecule has 1 fully saturated rings. The zero-order valence-electron chi connectivity index (χ0n) is 11.2. The molecule has 1 nitrogen and oxygen atoms in total. The summed E-state index contributed by atoms with van der Waals surface area (Å²) in [5.41, 5.74) is 5.37. The van der Waals surface area contributed by atoms with Crippen LogP contribution >= 0.6 is 0 Å². The summed E-state index contributed by atoms with van der Waals surface area (Å²) < 4.78 is 0. The van der Waals surface area contributed by atoms with Crippen LogP contribution in [-0.2, 0) is 0 Å². The molecule has 0 aromatic rings. The van der Waals surface area contributed by atoms with Gasteiger partial charge in [0.15, 0.2) is 0 Å². The molecular weight excluding hydrogens is 206 g/mol. The van der Waals surface area contributed by atoms with Gasteiger partial charge in [0.1, 0.15) is 0 Å². The van der Waals surface area contributed by atoms with Crippen molar-refractivity contribution in [1.29, 1.82) is 5.26 Å². The minimum Gasteiger partial charge on any atom is -0.192 e. The fourth-order valence-electron chi connectivity index (χ4n) is 3.12.